The van der Waals surface area contributed by atoms with Crippen molar-refractivity contribution in [2.45, 2.75) is 45.4 Å². The van der Waals surface area contributed by atoms with E-state index < -0.39 is 0 Å². The molecule has 0 bridgehead atoms. The lowest BCUT2D eigenvalue weighted by molar-refractivity contribution is 0.304. The molecule has 0 aliphatic carbocycles. The van der Waals surface area contributed by atoms with Crippen LogP contribution >= 0.6 is 0 Å². The van der Waals surface area contributed by atoms with Crippen LogP contribution < -0.4 is 4.74 Å². The number of hydrogen-bond donors (Lipinski definition) is 0. The van der Waals surface area contributed by atoms with Crippen molar-refractivity contribution in [1.82, 2.24) is 0 Å². The Balaban J connectivity index is 2.11. The van der Waals surface area contributed by atoms with Crippen LogP contribution in [0.1, 0.15) is 51.0 Å². The lowest BCUT2D eigenvalue weighted by Crippen LogP contribution is -1.97. The van der Waals surface area contributed by atoms with Gasteiger partial charge in [0.25, 0.3) is 0 Å². The van der Waals surface area contributed by atoms with E-state index in [4.69, 9.17) is 4.74 Å². The average Bonchev–Trinajstić information content (AvgIpc) is 2.38. The summed E-state index contributed by atoms with van der Waals surface area (Å²) in [6.45, 7) is 6.83. The van der Waals surface area contributed by atoms with Crippen molar-refractivity contribution in [3.63, 3.8) is 0 Å². The van der Waals surface area contributed by atoms with Gasteiger partial charge in [0.05, 0.1) is 6.61 Å². The van der Waals surface area contributed by atoms with Crippen molar-refractivity contribution >= 4 is 6.08 Å². The van der Waals surface area contributed by atoms with E-state index in [-0.39, 0.29) is 0 Å². The number of hydrogen-bond acceptors (Lipinski definition) is 1. The molecule has 1 nitrogen and oxygen atoms in total. The van der Waals surface area contributed by atoms with Gasteiger partial charge in [-0.2, -0.15) is 0 Å². The zero-order valence-electron chi connectivity index (χ0n) is 11.0. The van der Waals surface area contributed by atoms with E-state index in [2.05, 4.69) is 13.5 Å². The molecular formula is C16H24O. The molecule has 0 saturated heterocycles. The first-order valence-electron chi connectivity index (χ1n) is 6.72. The number of benzene rings is 1. The summed E-state index contributed by atoms with van der Waals surface area (Å²) in [5, 5.41) is 0. The van der Waals surface area contributed by atoms with Gasteiger partial charge in [0.2, 0.25) is 0 Å². The Kier molecular flexibility index (Phi) is 7.20. The van der Waals surface area contributed by atoms with E-state index in [0.717, 1.165) is 24.3 Å². The standard InChI is InChI=1S/C16H24O/c1-3-5-6-7-8-9-13-17-16-12-10-11-15(4-2)14-16/h4,10-12,14H,2-3,5-9,13H2,1H3. The maximum absolute atomic E-state index is 5.71. The minimum Gasteiger partial charge on any atom is -0.494 e. The van der Waals surface area contributed by atoms with Crippen molar-refractivity contribution in [3.05, 3.63) is 36.4 Å². The Bertz CT molecular complexity index is 317. The molecule has 0 saturated carbocycles. The van der Waals surface area contributed by atoms with Gasteiger partial charge in [0, 0.05) is 0 Å². The van der Waals surface area contributed by atoms with Gasteiger partial charge in [-0.25, -0.2) is 0 Å². The van der Waals surface area contributed by atoms with Crippen LogP contribution in [0.25, 0.3) is 6.08 Å². The molecule has 17 heavy (non-hydrogen) atoms. The molecule has 1 heteroatoms. The van der Waals surface area contributed by atoms with Gasteiger partial charge >= 0.3 is 0 Å². The first-order valence-corrected chi connectivity index (χ1v) is 6.72. The van der Waals surface area contributed by atoms with Crippen molar-refractivity contribution < 1.29 is 4.74 Å². The molecule has 0 aliphatic heterocycles. The molecule has 0 heterocycles. The minimum absolute atomic E-state index is 0.826. The Morgan fingerprint density at radius 3 is 2.65 bits per heavy atom. The summed E-state index contributed by atoms with van der Waals surface area (Å²) < 4.78 is 5.71. The highest BCUT2D eigenvalue weighted by Crippen LogP contribution is 2.14. The van der Waals surface area contributed by atoms with Crippen LogP contribution in [-0.2, 0) is 0 Å². The smallest absolute Gasteiger partial charge is 0.119 e. The lowest BCUT2D eigenvalue weighted by atomic mass is 10.1. The van der Waals surface area contributed by atoms with Gasteiger partial charge in [-0.3, -0.25) is 0 Å². The summed E-state index contributed by atoms with van der Waals surface area (Å²) in [6.07, 6.45) is 9.65. The maximum Gasteiger partial charge on any atom is 0.119 e. The quantitative estimate of drug-likeness (QED) is 0.540. The first kappa shape index (κ1) is 13.8. The van der Waals surface area contributed by atoms with E-state index in [1.807, 2.05) is 30.3 Å². The van der Waals surface area contributed by atoms with Crippen LogP contribution in [0.4, 0.5) is 0 Å². The van der Waals surface area contributed by atoms with E-state index in [1.165, 1.54) is 32.1 Å². The summed E-state index contributed by atoms with van der Waals surface area (Å²) in [4.78, 5) is 0. The summed E-state index contributed by atoms with van der Waals surface area (Å²) in [7, 11) is 0. The summed E-state index contributed by atoms with van der Waals surface area (Å²) in [5.41, 5.74) is 1.12. The van der Waals surface area contributed by atoms with Crippen molar-refractivity contribution in [2.24, 2.45) is 0 Å². The van der Waals surface area contributed by atoms with Crippen LogP contribution in [0.2, 0.25) is 0 Å². The van der Waals surface area contributed by atoms with Gasteiger partial charge in [0.15, 0.2) is 0 Å². The molecule has 0 atom stereocenters. The van der Waals surface area contributed by atoms with Crippen LogP contribution in [0.15, 0.2) is 30.8 Å². The van der Waals surface area contributed by atoms with Gasteiger partial charge < -0.3 is 4.74 Å². The van der Waals surface area contributed by atoms with Gasteiger partial charge in [-0.15, -0.1) is 0 Å². The number of unbranched alkanes of at least 4 members (excludes halogenated alkanes) is 5. The van der Waals surface area contributed by atoms with Crippen molar-refractivity contribution in [2.75, 3.05) is 6.61 Å². The Morgan fingerprint density at radius 1 is 1.12 bits per heavy atom. The number of ether oxygens (including phenoxy) is 1. The van der Waals surface area contributed by atoms with Crippen LogP contribution in [0.5, 0.6) is 5.75 Å². The highest BCUT2D eigenvalue weighted by atomic mass is 16.5. The van der Waals surface area contributed by atoms with Crippen LogP contribution in [0, 0.1) is 0 Å². The highest BCUT2D eigenvalue weighted by Gasteiger charge is 1.95. The lowest BCUT2D eigenvalue weighted by Gasteiger charge is -2.06. The molecule has 1 rings (SSSR count). The van der Waals surface area contributed by atoms with Crippen LogP contribution in [-0.4, -0.2) is 6.61 Å². The second-order valence-electron chi connectivity index (χ2n) is 4.39. The zero-order chi connectivity index (χ0) is 12.3. The molecule has 0 N–H and O–H groups in total. The van der Waals surface area contributed by atoms with E-state index in [9.17, 15) is 0 Å². The molecule has 1 aromatic rings. The molecule has 0 amide bonds. The third-order valence-corrected chi connectivity index (χ3v) is 2.86. The summed E-state index contributed by atoms with van der Waals surface area (Å²) in [5.74, 6) is 0.955. The van der Waals surface area contributed by atoms with Crippen LogP contribution in [0.3, 0.4) is 0 Å². The Labute approximate surface area is 106 Å². The van der Waals surface area contributed by atoms with E-state index in [1.54, 1.807) is 0 Å². The van der Waals surface area contributed by atoms with E-state index in [0.29, 0.717) is 0 Å². The normalized spacial score (nSPS) is 10.2. The fourth-order valence-electron chi connectivity index (χ4n) is 1.80. The largest absolute Gasteiger partial charge is 0.494 e. The van der Waals surface area contributed by atoms with Crippen molar-refractivity contribution in [1.29, 1.82) is 0 Å². The predicted octanol–water partition coefficient (Wildman–Crippen LogP) is 5.07. The second kappa shape index (κ2) is 8.86. The second-order valence-corrected chi connectivity index (χ2v) is 4.39. The molecule has 0 radical (unpaired) electrons. The monoisotopic (exact) mass is 232 g/mol. The molecular weight excluding hydrogens is 208 g/mol. The highest BCUT2D eigenvalue weighted by molar-refractivity contribution is 5.49. The molecule has 0 unspecified atom stereocenters. The minimum atomic E-state index is 0.826. The average molecular weight is 232 g/mol. The fraction of sp³-hybridized carbons (Fsp3) is 0.500. The molecule has 0 spiro atoms. The first-order chi connectivity index (χ1) is 8.36. The molecule has 94 valence electrons. The summed E-state index contributed by atoms with van der Waals surface area (Å²) >= 11 is 0. The third kappa shape index (κ3) is 6.15. The van der Waals surface area contributed by atoms with Gasteiger partial charge in [0.1, 0.15) is 5.75 Å². The molecule has 0 fully saturated rings. The zero-order valence-corrected chi connectivity index (χ0v) is 11.0. The van der Waals surface area contributed by atoms with E-state index >= 15 is 0 Å². The fourth-order valence-corrected chi connectivity index (χ4v) is 1.80. The topological polar surface area (TPSA) is 9.23 Å². The predicted molar refractivity (Wildman–Crippen MR) is 75.4 cm³/mol. The van der Waals surface area contributed by atoms with Gasteiger partial charge in [-0.05, 0) is 24.1 Å². The molecule has 0 aromatic heterocycles. The SMILES string of the molecule is C=Cc1cccc(OCCCCCCCC)c1. The maximum atomic E-state index is 5.71. The summed E-state index contributed by atoms with van der Waals surface area (Å²) in [6, 6.07) is 8.08. The molecule has 0 aliphatic rings. The third-order valence-electron chi connectivity index (χ3n) is 2.86. The number of rotatable bonds is 9. The Hall–Kier alpha value is -1.24. The van der Waals surface area contributed by atoms with Gasteiger partial charge in [-0.1, -0.05) is 63.8 Å². The van der Waals surface area contributed by atoms with Crippen molar-refractivity contribution in [3.8, 4) is 5.75 Å². The molecule has 1 aromatic carbocycles. The Morgan fingerprint density at radius 2 is 1.88 bits per heavy atom.